The van der Waals surface area contributed by atoms with E-state index in [1.165, 1.54) is 6.20 Å². The number of anilines is 3. The Labute approximate surface area is 135 Å². The average Bonchev–Trinajstić information content (AvgIpc) is 2.54. The van der Waals surface area contributed by atoms with Gasteiger partial charge in [0, 0.05) is 23.3 Å². The Morgan fingerprint density at radius 3 is 2.52 bits per heavy atom. The van der Waals surface area contributed by atoms with Gasteiger partial charge in [-0.25, -0.2) is 0 Å². The molecule has 0 spiro atoms. The fraction of sp³-hybridized carbons (Fsp3) is 0.111. The molecular formula is C18H18N4O. The highest BCUT2D eigenvalue weighted by Gasteiger charge is 2.09. The van der Waals surface area contributed by atoms with E-state index >= 15 is 0 Å². The molecule has 0 saturated carbocycles. The summed E-state index contributed by atoms with van der Waals surface area (Å²) in [6.45, 7) is 3.98. The van der Waals surface area contributed by atoms with E-state index in [9.17, 15) is 10.1 Å². The molecule has 0 aliphatic rings. The van der Waals surface area contributed by atoms with Crippen LogP contribution in [0.2, 0.25) is 0 Å². The predicted octanol–water partition coefficient (Wildman–Crippen LogP) is 3.34. The lowest BCUT2D eigenvalue weighted by Gasteiger charge is -2.09. The van der Waals surface area contributed by atoms with E-state index in [4.69, 9.17) is 5.73 Å². The number of carbonyl (C=O) groups excluding carboxylic acids is 1. The van der Waals surface area contributed by atoms with Gasteiger partial charge in [-0.1, -0.05) is 12.1 Å². The number of nitriles is 1. The number of benzene rings is 2. The molecule has 0 saturated heterocycles. The Morgan fingerprint density at radius 1 is 1.17 bits per heavy atom. The van der Waals surface area contributed by atoms with Gasteiger partial charge in [0.15, 0.2) is 0 Å². The van der Waals surface area contributed by atoms with E-state index < -0.39 is 5.91 Å². The van der Waals surface area contributed by atoms with E-state index in [1.807, 2.05) is 38.1 Å². The van der Waals surface area contributed by atoms with E-state index in [0.29, 0.717) is 11.4 Å². The summed E-state index contributed by atoms with van der Waals surface area (Å²) in [5, 5.41) is 14.9. The highest BCUT2D eigenvalue weighted by atomic mass is 16.1. The normalized spacial score (nSPS) is 10.7. The predicted molar refractivity (Wildman–Crippen MR) is 92.7 cm³/mol. The SMILES string of the molecule is Cc1cccc(N/C=C(/C#N)C(=O)Nc2ccc(N)cc2)c1C. The summed E-state index contributed by atoms with van der Waals surface area (Å²) in [7, 11) is 0. The van der Waals surface area contributed by atoms with Crippen LogP contribution in [0.15, 0.2) is 54.2 Å². The maximum Gasteiger partial charge on any atom is 0.267 e. The van der Waals surface area contributed by atoms with Crippen molar-refractivity contribution in [2.24, 2.45) is 0 Å². The van der Waals surface area contributed by atoms with Crippen molar-refractivity contribution in [3.8, 4) is 6.07 Å². The first-order valence-corrected chi connectivity index (χ1v) is 7.11. The zero-order valence-electron chi connectivity index (χ0n) is 13.1. The fourth-order valence-electron chi connectivity index (χ4n) is 1.97. The molecule has 2 rings (SSSR count). The quantitative estimate of drug-likeness (QED) is 0.459. The molecular weight excluding hydrogens is 288 g/mol. The molecule has 5 heteroatoms. The number of hydrogen-bond donors (Lipinski definition) is 3. The standard InChI is InChI=1S/C18H18N4O/c1-12-4-3-5-17(13(12)2)21-11-14(10-19)18(23)22-16-8-6-15(20)7-9-16/h3-9,11,21H,20H2,1-2H3,(H,22,23)/b14-11-. The van der Waals surface area contributed by atoms with Gasteiger partial charge in [-0.05, 0) is 55.3 Å². The first-order chi connectivity index (χ1) is 11.0. The molecule has 0 aliphatic carbocycles. The third kappa shape index (κ3) is 4.11. The minimum absolute atomic E-state index is 0.0114. The second kappa shape index (κ2) is 7.14. The number of nitrogens with two attached hydrogens (primary N) is 1. The number of amides is 1. The molecule has 116 valence electrons. The van der Waals surface area contributed by atoms with Crippen LogP contribution in [0.25, 0.3) is 0 Å². The van der Waals surface area contributed by atoms with Gasteiger partial charge in [-0.3, -0.25) is 4.79 Å². The van der Waals surface area contributed by atoms with Gasteiger partial charge < -0.3 is 16.4 Å². The van der Waals surface area contributed by atoms with E-state index in [1.54, 1.807) is 24.3 Å². The van der Waals surface area contributed by atoms with Crippen LogP contribution in [0.3, 0.4) is 0 Å². The lowest BCUT2D eigenvalue weighted by Crippen LogP contribution is -2.14. The zero-order valence-corrected chi connectivity index (χ0v) is 13.1. The minimum atomic E-state index is -0.477. The van der Waals surface area contributed by atoms with Gasteiger partial charge in [-0.2, -0.15) is 5.26 Å². The van der Waals surface area contributed by atoms with Crippen LogP contribution in [0.1, 0.15) is 11.1 Å². The average molecular weight is 306 g/mol. The fourth-order valence-corrected chi connectivity index (χ4v) is 1.97. The van der Waals surface area contributed by atoms with Gasteiger partial charge in [0.1, 0.15) is 11.6 Å². The Hall–Kier alpha value is -3.26. The monoisotopic (exact) mass is 306 g/mol. The van der Waals surface area contributed by atoms with Crippen LogP contribution in [-0.4, -0.2) is 5.91 Å². The second-order valence-corrected chi connectivity index (χ2v) is 5.14. The molecule has 1 amide bonds. The van der Waals surface area contributed by atoms with Crippen molar-refractivity contribution in [2.75, 3.05) is 16.4 Å². The maximum absolute atomic E-state index is 12.1. The van der Waals surface area contributed by atoms with E-state index in [2.05, 4.69) is 10.6 Å². The molecule has 5 nitrogen and oxygen atoms in total. The van der Waals surface area contributed by atoms with Crippen molar-refractivity contribution < 1.29 is 4.79 Å². The smallest absolute Gasteiger partial charge is 0.267 e. The summed E-state index contributed by atoms with van der Waals surface area (Å²) in [5.74, 6) is -0.477. The van der Waals surface area contributed by atoms with Crippen LogP contribution in [0, 0.1) is 25.2 Å². The summed E-state index contributed by atoms with van der Waals surface area (Å²) in [4.78, 5) is 12.1. The maximum atomic E-state index is 12.1. The summed E-state index contributed by atoms with van der Waals surface area (Å²) in [6, 6.07) is 14.4. The molecule has 4 N–H and O–H groups in total. The Balaban J connectivity index is 2.12. The van der Waals surface area contributed by atoms with Crippen LogP contribution in [0.5, 0.6) is 0 Å². The van der Waals surface area contributed by atoms with Crippen molar-refractivity contribution >= 4 is 23.0 Å². The molecule has 2 aromatic carbocycles. The summed E-state index contributed by atoms with van der Waals surface area (Å²) < 4.78 is 0. The van der Waals surface area contributed by atoms with Crippen LogP contribution in [-0.2, 0) is 4.79 Å². The number of carbonyl (C=O) groups is 1. The highest BCUT2D eigenvalue weighted by molar-refractivity contribution is 6.06. The molecule has 0 fully saturated rings. The molecule has 0 atom stereocenters. The van der Waals surface area contributed by atoms with E-state index in [0.717, 1.165) is 16.8 Å². The lowest BCUT2D eigenvalue weighted by molar-refractivity contribution is -0.112. The van der Waals surface area contributed by atoms with Crippen molar-refractivity contribution in [3.05, 3.63) is 65.4 Å². The van der Waals surface area contributed by atoms with Crippen molar-refractivity contribution in [1.82, 2.24) is 0 Å². The first kappa shape index (κ1) is 16.1. The molecule has 23 heavy (non-hydrogen) atoms. The number of nitrogens with one attached hydrogen (secondary N) is 2. The lowest BCUT2D eigenvalue weighted by atomic mass is 10.1. The Bertz CT molecular complexity index is 786. The van der Waals surface area contributed by atoms with Gasteiger partial charge in [-0.15, -0.1) is 0 Å². The minimum Gasteiger partial charge on any atom is -0.399 e. The second-order valence-electron chi connectivity index (χ2n) is 5.14. The summed E-state index contributed by atoms with van der Waals surface area (Å²) >= 11 is 0. The molecule has 2 aromatic rings. The molecule has 0 aliphatic heterocycles. The number of rotatable bonds is 4. The van der Waals surface area contributed by atoms with Gasteiger partial charge >= 0.3 is 0 Å². The molecule has 0 aromatic heterocycles. The third-order valence-corrected chi connectivity index (χ3v) is 3.51. The van der Waals surface area contributed by atoms with Gasteiger partial charge in [0.25, 0.3) is 5.91 Å². The number of hydrogen-bond acceptors (Lipinski definition) is 4. The Morgan fingerprint density at radius 2 is 1.87 bits per heavy atom. The van der Waals surface area contributed by atoms with Crippen molar-refractivity contribution in [3.63, 3.8) is 0 Å². The third-order valence-electron chi connectivity index (χ3n) is 3.51. The van der Waals surface area contributed by atoms with Crippen molar-refractivity contribution in [1.29, 1.82) is 5.26 Å². The van der Waals surface area contributed by atoms with Crippen LogP contribution >= 0.6 is 0 Å². The van der Waals surface area contributed by atoms with E-state index in [-0.39, 0.29) is 5.57 Å². The van der Waals surface area contributed by atoms with Crippen LogP contribution < -0.4 is 16.4 Å². The molecule has 0 radical (unpaired) electrons. The first-order valence-electron chi connectivity index (χ1n) is 7.11. The largest absolute Gasteiger partial charge is 0.399 e. The van der Waals surface area contributed by atoms with Gasteiger partial charge in [0.2, 0.25) is 0 Å². The zero-order chi connectivity index (χ0) is 16.8. The molecule has 0 bridgehead atoms. The summed E-state index contributed by atoms with van der Waals surface area (Å²) in [5.41, 5.74) is 9.83. The molecule has 0 heterocycles. The summed E-state index contributed by atoms with van der Waals surface area (Å²) in [6.07, 6.45) is 1.41. The molecule has 0 unspecified atom stereocenters. The van der Waals surface area contributed by atoms with Crippen LogP contribution in [0.4, 0.5) is 17.1 Å². The number of aryl methyl sites for hydroxylation is 1. The van der Waals surface area contributed by atoms with Gasteiger partial charge in [0.05, 0.1) is 0 Å². The number of nitrogen functional groups attached to an aromatic ring is 1. The van der Waals surface area contributed by atoms with Crippen molar-refractivity contribution in [2.45, 2.75) is 13.8 Å². The Kier molecular flexibility index (Phi) is 5.00. The number of nitrogens with zero attached hydrogens (tertiary/aromatic N) is 1. The highest BCUT2D eigenvalue weighted by Crippen LogP contribution is 2.18. The topological polar surface area (TPSA) is 90.9 Å².